The molecule has 220 valence electrons. The van der Waals surface area contributed by atoms with Gasteiger partial charge in [-0.3, -0.25) is 37.7 Å². The Labute approximate surface area is 222 Å². The van der Waals surface area contributed by atoms with Crippen molar-refractivity contribution in [2.24, 2.45) is 0 Å². The maximum Gasteiger partial charge on any atom is 0.472 e. The number of hydrogen-bond donors (Lipinski definition) is 6. The maximum absolute atomic E-state index is 12.9. The largest absolute Gasteiger partial charge is 0.472 e. The van der Waals surface area contributed by atoms with Crippen LogP contribution in [0.2, 0.25) is 0 Å². The lowest BCUT2D eigenvalue weighted by Gasteiger charge is -2.27. The van der Waals surface area contributed by atoms with E-state index in [4.69, 9.17) is 23.3 Å². The highest BCUT2D eigenvalue weighted by Gasteiger charge is 2.51. The zero-order chi connectivity index (χ0) is 28.8. The van der Waals surface area contributed by atoms with E-state index in [9.17, 15) is 44.0 Å². The zero-order valence-electron chi connectivity index (χ0n) is 20.6. The van der Waals surface area contributed by atoms with E-state index in [1.807, 2.05) is 0 Å². The number of rotatable bonds is 2. The third-order valence-corrected chi connectivity index (χ3v) is 7.79. The minimum Gasteiger partial charge on any atom is -0.394 e. The Balaban J connectivity index is 1.51. The van der Waals surface area contributed by atoms with Gasteiger partial charge < -0.3 is 34.4 Å². The molecule has 5 heterocycles. The summed E-state index contributed by atoms with van der Waals surface area (Å²) < 4.78 is 42.2. The number of nitrogens with one attached hydrogen (secondary N) is 2. The molecule has 0 radical (unpaired) electrons. The molecule has 0 amide bonds. The predicted octanol–water partition coefficient (Wildman–Crippen LogP) is -3.57. The highest BCUT2D eigenvalue weighted by Crippen LogP contribution is 2.49. The summed E-state index contributed by atoms with van der Waals surface area (Å²) >= 11 is 0. The molecule has 3 aliphatic rings. The van der Waals surface area contributed by atoms with Gasteiger partial charge in [0.25, 0.3) is 11.1 Å². The van der Waals surface area contributed by atoms with Crippen LogP contribution in [0.4, 0.5) is 0 Å². The third kappa shape index (κ3) is 5.55. The van der Waals surface area contributed by atoms with E-state index < -0.39 is 92.6 Å². The number of ether oxygens (including phenoxy) is 3. The zero-order valence-corrected chi connectivity index (χ0v) is 21.5. The molecule has 0 aliphatic carbocycles. The Kier molecular flexibility index (Phi) is 8.08. The van der Waals surface area contributed by atoms with E-state index in [2.05, 4.69) is 9.97 Å². The molecule has 19 heteroatoms. The number of nitrogens with zero attached hydrogens (tertiary/aromatic N) is 2. The summed E-state index contributed by atoms with van der Waals surface area (Å²) in [6.07, 6.45) is -9.07. The molecule has 4 bridgehead atoms. The summed E-state index contributed by atoms with van der Waals surface area (Å²) in [5, 5.41) is 30.8. The van der Waals surface area contributed by atoms with Crippen molar-refractivity contribution in [2.45, 2.75) is 61.9 Å². The van der Waals surface area contributed by atoms with Crippen LogP contribution in [0.25, 0.3) is 0 Å². The van der Waals surface area contributed by atoms with Gasteiger partial charge in [-0.25, -0.2) is 14.2 Å². The summed E-state index contributed by atoms with van der Waals surface area (Å²) in [4.78, 5) is 63.5. The van der Waals surface area contributed by atoms with Crippen molar-refractivity contribution in [1.29, 1.82) is 0 Å². The molecule has 9 atom stereocenters. The molecule has 18 nitrogen and oxygen atoms in total. The second kappa shape index (κ2) is 11.2. The average molecular weight is 590 g/mol. The van der Waals surface area contributed by atoms with Crippen molar-refractivity contribution in [3.63, 3.8) is 0 Å². The van der Waals surface area contributed by atoms with Crippen LogP contribution in [0.1, 0.15) is 24.4 Å². The van der Waals surface area contributed by atoms with Crippen molar-refractivity contribution in [3.8, 4) is 0 Å². The second-order valence-corrected chi connectivity index (χ2v) is 10.8. The molecular formula is C21H27N4O14P. The number of aromatic nitrogens is 4. The van der Waals surface area contributed by atoms with Gasteiger partial charge in [0.15, 0.2) is 12.5 Å². The van der Waals surface area contributed by atoms with Gasteiger partial charge in [0.05, 0.1) is 13.2 Å². The first kappa shape index (κ1) is 28.7. The molecule has 2 saturated heterocycles. The predicted molar refractivity (Wildman–Crippen MR) is 128 cm³/mol. The van der Waals surface area contributed by atoms with Gasteiger partial charge >= 0.3 is 19.2 Å². The molecule has 0 aromatic carbocycles. The number of H-pyrrole nitrogens is 2. The van der Waals surface area contributed by atoms with Crippen molar-refractivity contribution in [2.75, 3.05) is 19.8 Å². The number of hydrogen-bond acceptors (Lipinski definition) is 13. The Morgan fingerprint density at radius 3 is 2.48 bits per heavy atom. The normalized spacial score (nSPS) is 36.8. The number of aromatic amines is 2. The van der Waals surface area contributed by atoms with E-state index in [0.717, 1.165) is 21.4 Å². The van der Waals surface area contributed by atoms with Crippen LogP contribution < -0.4 is 22.5 Å². The SMILES string of the molecule is O=c1ccn([C@@H]2O[C@H](CO)[C@H]3OP(=O)(O)OC[C@H]4O[C@H]([C@H](O)[C@@H]4O)n4cc(c(=O)[nH]c4=O)CCCO[C@H]32)c(=O)[nH]1. The molecule has 3 aliphatic heterocycles. The minimum atomic E-state index is -5.00. The van der Waals surface area contributed by atoms with Gasteiger partial charge in [0, 0.05) is 30.6 Å². The highest BCUT2D eigenvalue weighted by molar-refractivity contribution is 7.47. The Bertz CT molecular complexity index is 1520. The standard InChI is InChI=1S/C21H27N4O14P/c26-7-10-15-16(19(37-10)24-4-3-12(27)22-20(24)31)35-5-1-2-9-6-25(21(32)23-17(9)30)18-14(29)13(28)11(38-18)8-36-40(33,34)39-15/h3-4,6,10-11,13-16,18-19,26,28-29H,1-2,5,7-8H2,(H,33,34)(H,22,27,31)(H,23,30,32)/t10-,11-,13-,14-,15-,16-,18-,19-/m1/s1. The Hall–Kier alpha value is -2.77. The van der Waals surface area contributed by atoms with Crippen molar-refractivity contribution < 1.29 is 48.0 Å². The molecule has 2 fully saturated rings. The molecule has 2 aromatic heterocycles. The molecule has 6 N–H and O–H groups in total. The van der Waals surface area contributed by atoms with E-state index in [1.165, 1.54) is 6.20 Å². The molecule has 2 aromatic rings. The summed E-state index contributed by atoms with van der Waals surface area (Å²) in [6, 6.07) is 1.04. The van der Waals surface area contributed by atoms with Crippen LogP contribution in [0.5, 0.6) is 0 Å². The molecule has 0 spiro atoms. The molecule has 1 unspecified atom stereocenters. The van der Waals surface area contributed by atoms with Crippen molar-refractivity contribution in [1.82, 2.24) is 19.1 Å². The topological polar surface area (TPSA) is 254 Å². The fraction of sp³-hybridized carbons (Fsp3) is 0.619. The number of phosphoric acid groups is 1. The van der Waals surface area contributed by atoms with Crippen molar-refractivity contribution in [3.05, 3.63) is 65.7 Å². The smallest absolute Gasteiger partial charge is 0.394 e. The first-order valence-electron chi connectivity index (χ1n) is 12.2. The van der Waals surface area contributed by atoms with Gasteiger partial charge in [-0.15, -0.1) is 0 Å². The van der Waals surface area contributed by atoms with Gasteiger partial charge in [0.1, 0.15) is 36.6 Å². The van der Waals surface area contributed by atoms with Gasteiger partial charge in [-0.05, 0) is 12.8 Å². The summed E-state index contributed by atoms with van der Waals surface area (Å²) in [6.45, 7) is -1.63. The average Bonchev–Trinajstić information content (AvgIpc) is 3.37. The molecule has 5 rings (SSSR count). The summed E-state index contributed by atoms with van der Waals surface area (Å²) in [7, 11) is -5.00. The first-order valence-corrected chi connectivity index (χ1v) is 13.7. The van der Waals surface area contributed by atoms with E-state index in [-0.39, 0.29) is 25.0 Å². The minimum absolute atomic E-state index is 0.0534. The fourth-order valence-corrected chi connectivity index (χ4v) is 5.80. The van der Waals surface area contributed by atoms with Crippen LogP contribution in [0.3, 0.4) is 0 Å². The Morgan fingerprint density at radius 2 is 1.75 bits per heavy atom. The van der Waals surface area contributed by atoms with Crippen LogP contribution >= 0.6 is 7.82 Å². The number of aliphatic hydroxyl groups excluding tert-OH is 3. The monoisotopic (exact) mass is 590 g/mol. The van der Waals surface area contributed by atoms with Crippen LogP contribution in [0.15, 0.2) is 37.6 Å². The van der Waals surface area contributed by atoms with Gasteiger partial charge in [-0.1, -0.05) is 0 Å². The second-order valence-electron chi connectivity index (χ2n) is 9.41. The van der Waals surface area contributed by atoms with Gasteiger partial charge in [0.2, 0.25) is 0 Å². The van der Waals surface area contributed by atoms with Crippen molar-refractivity contribution >= 4 is 7.82 Å². The lowest BCUT2D eigenvalue weighted by Crippen LogP contribution is -2.40. The fourth-order valence-electron chi connectivity index (χ4n) is 4.84. The van der Waals surface area contributed by atoms with E-state index in [1.54, 1.807) is 0 Å². The van der Waals surface area contributed by atoms with Gasteiger partial charge in [-0.2, -0.15) is 0 Å². The van der Waals surface area contributed by atoms with E-state index in [0.29, 0.717) is 0 Å². The van der Waals surface area contributed by atoms with Crippen LogP contribution in [-0.2, 0) is 34.2 Å². The maximum atomic E-state index is 12.9. The lowest BCUT2D eigenvalue weighted by atomic mass is 10.1. The van der Waals surface area contributed by atoms with Crippen LogP contribution in [-0.4, -0.2) is 95.8 Å². The van der Waals surface area contributed by atoms with E-state index >= 15 is 0 Å². The molecule has 40 heavy (non-hydrogen) atoms. The summed E-state index contributed by atoms with van der Waals surface area (Å²) in [5.41, 5.74) is -3.07. The Morgan fingerprint density at radius 1 is 1.00 bits per heavy atom. The highest BCUT2D eigenvalue weighted by atomic mass is 31.2. The first-order chi connectivity index (χ1) is 19.0. The third-order valence-electron chi connectivity index (χ3n) is 6.80. The quantitative estimate of drug-likeness (QED) is 0.185. The number of phosphoric ester groups is 1. The lowest BCUT2D eigenvalue weighted by molar-refractivity contribution is -0.0757. The summed E-state index contributed by atoms with van der Waals surface area (Å²) in [5.74, 6) is 0. The molecule has 0 saturated carbocycles. The number of fused-ring (bicyclic) bond motifs is 6. The number of aliphatic hydroxyl groups is 3. The van der Waals surface area contributed by atoms with Crippen LogP contribution in [0, 0.1) is 0 Å². The molecular weight excluding hydrogens is 563 g/mol. The number of aryl methyl sites for hydroxylation is 1.